The van der Waals surface area contributed by atoms with Gasteiger partial charge in [0.2, 0.25) is 17.2 Å². The number of hydrogen-bond acceptors (Lipinski definition) is 5. The highest BCUT2D eigenvalue weighted by atomic mass is 35.5. The summed E-state index contributed by atoms with van der Waals surface area (Å²) in [4.78, 5) is 17.6. The maximum Gasteiger partial charge on any atom is 0.231 e. The Morgan fingerprint density at radius 1 is 1.25 bits per heavy atom. The van der Waals surface area contributed by atoms with E-state index in [1.54, 1.807) is 0 Å². The molecule has 1 aromatic rings. The molecule has 1 saturated heterocycles. The quantitative estimate of drug-likeness (QED) is 0.836. The highest BCUT2D eigenvalue weighted by Crippen LogP contribution is 2.28. The lowest BCUT2D eigenvalue weighted by molar-refractivity contribution is 0.486. The van der Waals surface area contributed by atoms with Gasteiger partial charge in [0.25, 0.3) is 0 Å². The van der Waals surface area contributed by atoms with Crippen LogP contribution >= 0.6 is 11.6 Å². The van der Waals surface area contributed by atoms with Crippen LogP contribution in [0.2, 0.25) is 5.28 Å². The zero-order valence-electron chi connectivity index (χ0n) is 12.8. The monoisotopic (exact) mass is 297 g/mol. The average molecular weight is 298 g/mol. The Morgan fingerprint density at radius 2 is 1.95 bits per heavy atom. The molecule has 112 valence electrons. The van der Waals surface area contributed by atoms with Gasteiger partial charge in [-0.05, 0) is 44.2 Å². The number of nitrogens with zero attached hydrogens (tertiary/aromatic N) is 5. The molecule has 0 bridgehead atoms. The Morgan fingerprint density at radius 3 is 2.55 bits per heavy atom. The molecule has 5 nitrogen and oxygen atoms in total. The fraction of sp³-hybridized carbons (Fsp3) is 0.786. The van der Waals surface area contributed by atoms with Crippen LogP contribution in [0.25, 0.3) is 0 Å². The van der Waals surface area contributed by atoms with Gasteiger partial charge >= 0.3 is 0 Å². The fourth-order valence-electron chi connectivity index (χ4n) is 2.84. The van der Waals surface area contributed by atoms with Gasteiger partial charge in [0.15, 0.2) is 0 Å². The zero-order valence-corrected chi connectivity index (χ0v) is 13.6. The summed E-state index contributed by atoms with van der Waals surface area (Å²) in [6.45, 7) is 11.4. The summed E-state index contributed by atoms with van der Waals surface area (Å²) in [6, 6.07) is 0.498. The van der Waals surface area contributed by atoms with Crippen molar-refractivity contribution in [3.05, 3.63) is 5.28 Å². The van der Waals surface area contributed by atoms with E-state index in [9.17, 15) is 0 Å². The largest absolute Gasteiger partial charge is 0.341 e. The van der Waals surface area contributed by atoms with E-state index in [0.29, 0.717) is 17.9 Å². The minimum absolute atomic E-state index is 0.284. The molecule has 6 heteroatoms. The lowest BCUT2D eigenvalue weighted by Crippen LogP contribution is -2.35. The Bertz CT molecular complexity index is 447. The first-order chi connectivity index (χ1) is 9.56. The first-order valence-corrected chi connectivity index (χ1v) is 7.87. The third kappa shape index (κ3) is 3.14. The van der Waals surface area contributed by atoms with Crippen molar-refractivity contribution in [2.45, 2.75) is 46.6 Å². The third-order valence-corrected chi connectivity index (χ3v) is 4.13. The second-order valence-electron chi connectivity index (χ2n) is 5.52. The van der Waals surface area contributed by atoms with Crippen molar-refractivity contribution < 1.29 is 0 Å². The molecule has 1 fully saturated rings. The highest BCUT2D eigenvalue weighted by molar-refractivity contribution is 6.28. The molecular weight excluding hydrogens is 274 g/mol. The van der Waals surface area contributed by atoms with Crippen LogP contribution in [0.15, 0.2) is 0 Å². The van der Waals surface area contributed by atoms with E-state index in [-0.39, 0.29) is 5.28 Å². The van der Waals surface area contributed by atoms with Gasteiger partial charge in [-0.15, -0.1) is 0 Å². The minimum Gasteiger partial charge on any atom is -0.341 e. The standard InChI is InChI=1S/C14H24ClN5/c1-5-19(6-2)13-16-12(15)17-14(18-13)20-9-7-8-11(20)10(3)4/h10-11H,5-9H2,1-4H3. The van der Waals surface area contributed by atoms with Crippen molar-refractivity contribution in [2.24, 2.45) is 5.92 Å². The van der Waals surface area contributed by atoms with Crippen LogP contribution < -0.4 is 9.80 Å². The molecule has 20 heavy (non-hydrogen) atoms. The van der Waals surface area contributed by atoms with Crippen LogP contribution in [0.4, 0.5) is 11.9 Å². The summed E-state index contributed by atoms with van der Waals surface area (Å²) in [7, 11) is 0. The average Bonchev–Trinajstić information content (AvgIpc) is 2.89. The zero-order chi connectivity index (χ0) is 14.7. The van der Waals surface area contributed by atoms with Crippen molar-refractivity contribution in [3.63, 3.8) is 0 Å². The van der Waals surface area contributed by atoms with Crippen LogP contribution in [0, 0.1) is 5.92 Å². The first-order valence-electron chi connectivity index (χ1n) is 7.50. The van der Waals surface area contributed by atoms with Gasteiger partial charge in [0.05, 0.1) is 0 Å². The predicted molar refractivity (Wildman–Crippen MR) is 83.6 cm³/mol. The summed E-state index contributed by atoms with van der Waals surface area (Å²) >= 11 is 6.10. The Kier molecular flexibility index (Phi) is 5.02. The van der Waals surface area contributed by atoms with Crippen molar-refractivity contribution >= 4 is 23.5 Å². The lowest BCUT2D eigenvalue weighted by atomic mass is 10.0. The molecule has 0 aliphatic carbocycles. The van der Waals surface area contributed by atoms with Gasteiger partial charge in [0, 0.05) is 25.7 Å². The SMILES string of the molecule is CCN(CC)c1nc(Cl)nc(N2CCCC2C(C)C)n1. The number of halogens is 1. The molecule has 0 saturated carbocycles. The molecule has 0 amide bonds. The predicted octanol–water partition coefficient (Wildman–Crippen LogP) is 3.00. The second-order valence-corrected chi connectivity index (χ2v) is 5.86. The van der Waals surface area contributed by atoms with E-state index < -0.39 is 0 Å². The molecule has 0 radical (unpaired) electrons. The van der Waals surface area contributed by atoms with E-state index in [2.05, 4.69) is 52.4 Å². The topological polar surface area (TPSA) is 45.2 Å². The molecule has 1 unspecified atom stereocenters. The van der Waals surface area contributed by atoms with E-state index in [1.165, 1.54) is 12.8 Å². The van der Waals surface area contributed by atoms with Crippen LogP contribution in [-0.2, 0) is 0 Å². The van der Waals surface area contributed by atoms with Crippen molar-refractivity contribution in [1.82, 2.24) is 15.0 Å². The molecule has 2 rings (SSSR count). The van der Waals surface area contributed by atoms with Gasteiger partial charge in [-0.25, -0.2) is 0 Å². The van der Waals surface area contributed by atoms with Gasteiger partial charge in [-0.3, -0.25) is 0 Å². The first kappa shape index (κ1) is 15.3. The maximum atomic E-state index is 6.10. The van der Waals surface area contributed by atoms with Crippen LogP contribution in [0.5, 0.6) is 0 Å². The molecule has 1 atom stereocenters. The van der Waals surface area contributed by atoms with Gasteiger partial charge in [-0.2, -0.15) is 15.0 Å². The van der Waals surface area contributed by atoms with Crippen LogP contribution in [0.1, 0.15) is 40.5 Å². The Labute approximate surface area is 126 Å². The molecule has 1 aliphatic rings. The fourth-order valence-corrected chi connectivity index (χ4v) is 2.99. The smallest absolute Gasteiger partial charge is 0.231 e. The molecule has 1 aliphatic heterocycles. The molecule has 1 aromatic heterocycles. The van der Waals surface area contributed by atoms with E-state index in [1.807, 2.05) is 0 Å². The van der Waals surface area contributed by atoms with Crippen molar-refractivity contribution in [3.8, 4) is 0 Å². The van der Waals surface area contributed by atoms with E-state index >= 15 is 0 Å². The molecule has 0 spiro atoms. The third-order valence-electron chi connectivity index (χ3n) is 3.96. The molecular formula is C14H24ClN5. The van der Waals surface area contributed by atoms with Crippen molar-refractivity contribution in [1.29, 1.82) is 0 Å². The number of rotatable bonds is 5. The van der Waals surface area contributed by atoms with E-state index in [0.717, 1.165) is 25.6 Å². The highest BCUT2D eigenvalue weighted by Gasteiger charge is 2.29. The van der Waals surface area contributed by atoms with Gasteiger partial charge in [0.1, 0.15) is 0 Å². The lowest BCUT2D eigenvalue weighted by Gasteiger charge is -2.28. The van der Waals surface area contributed by atoms with Crippen molar-refractivity contribution in [2.75, 3.05) is 29.4 Å². The Hall–Kier alpha value is -1.10. The molecule has 0 aromatic carbocycles. The summed E-state index contributed by atoms with van der Waals surface area (Å²) in [5.74, 6) is 1.99. The summed E-state index contributed by atoms with van der Waals surface area (Å²) < 4.78 is 0. The number of aromatic nitrogens is 3. The Balaban J connectivity index is 2.32. The minimum atomic E-state index is 0.284. The summed E-state index contributed by atoms with van der Waals surface area (Å²) in [5.41, 5.74) is 0. The van der Waals surface area contributed by atoms with Gasteiger partial charge < -0.3 is 9.80 Å². The summed E-state index contributed by atoms with van der Waals surface area (Å²) in [5, 5.41) is 0.284. The number of anilines is 2. The van der Waals surface area contributed by atoms with Crippen LogP contribution in [0.3, 0.4) is 0 Å². The summed E-state index contributed by atoms with van der Waals surface area (Å²) in [6.07, 6.45) is 2.38. The molecule has 2 heterocycles. The van der Waals surface area contributed by atoms with Crippen LogP contribution in [-0.4, -0.2) is 40.6 Å². The maximum absolute atomic E-state index is 6.10. The van der Waals surface area contributed by atoms with E-state index in [4.69, 9.17) is 11.6 Å². The number of hydrogen-bond donors (Lipinski definition) is 0. The normalized spacial score (nSPS) is 18.9. The van der Waals surface area contributed by atoms with Gasteiger partial charge in [-0.1, -0.05) is 13.8 Å². The molecule has 0 N–H and O–H groups in total. The second kappa shape index (κ2) is 6.57.